The van der Waals surface area contributed by atoms with Crippen LogP contribution in [-0.4, -0.2) is 31.3 Å². The van der Waals surface area contributed by atoms with Gasteiger partial charge in [0.05, 0.1) is 24.3 Å². The summed E-state index contributed by atoms with van der Waals surface area (Å²) in [6, 6.07) is 4.35. The van der Waals surface area contributed by atoms with Gasteiger partial charge in [0.1, 0.15) is 18.3 Å². The molecule has 0 N–H and O–H groups in total. The summed E-state index contributed by atoms with van der Waals surface area (Å²) in [6.07, 6.45) is -8.52. The number of allylic oxidation sites excluding steroid dienone is 1. The molecule has 0 spiro atoms. The molecule has 0 bridgehead atoms. The maximum atomic E-state index is 14.8. The Kier molecular flexibility index (Phi) is 8.60. The molecule has 2 aromatic rings. The minimum absolute atomic E-state index is 0.0289. The van der Waals surface area contributed by atoms with Gasteiger partial charge in [0.25, 0.3) is 0 Å². The molecule has 0 aromatic heterocycles. The van der Waals surface area contributed by atoms with E-state index >= 15 is 0 Å². The number of rotatable bonds is 6. The Morgan fingerprint density at radius 3 is 2.15 bits per heavy atom. The zero-order valence-corrected chi connectivity index (χ0v) is 24.1. The van der Waals surface area contributed by atoms with Crippen LogP contribution in [0.5, 0.6) is 5.75 Å². The molecule has 1 saturated heterocycles. The van der Waals surface area contributed by atoms with Crippen LogP contribution in [0.1, 0.15) is 93.7 Å². The standard InChI is InChI=1S/C31H36F7NO2/c1-17(2)24-12-25(27(40-6)13-26(24)32)23-7-8-29(4,5)14-20(23)15-39-16-41-28(18(39)3)19-9-21(30(33,34)35)11-22(10-19)31(36,37)38/h9-13,17-18,28H,7-8,14-16H2,1-6H3/t18-,28-/m0/s1. The Labute approximate surface area is 236 Å². The molecular formula is C31H36F7NO2. The molecular weight excluding hydrogens is 551 g/mol. The molecule has 0 amide bonds. The number of ether oxygens (including phenoxy) is 2. The lowest BCUT2D eigenvalue weighted by Gasteiger charge is -2.36. The number of methoxy groups -OCH3 is 1. The second kappa shape index (κ2) is 11.2. The molecule has 0 unspecified atom stereocenters. The zero-order valence-electron chi connectivity index (χ0n) is 24.1. The van der Waals surface area contributed by atoms with Crippen LogP contribution in [-0.2, 0) is 17.1 Å². The highest BCUT2D eigenvalue weighted by Gasteiger charge is 2.41. The molecule has 2 aromatic carbocycles. The second-order valence-corrected chi connectivity index (χ2v) is 12.2. The van der Waals surface area contributed by atoms with Crippen LogP contribution in [0.2, 0.25) is 0 Å². The van der Waals surface area contributed by atoms with E-state index < -0.39 is 35.6 Å². The van der Waals surface area contributed by atoms with Gasteiger partial charge in [-0.2, -0.15) is 26.3 Å². The molecule has 2 atom stereocenters. The smallest absolute Gasteiger partial charge is 0.416 e. The van der Waals surface area contributed by atoms with E-state index in [0.29, 0.717) is 17.9 Å². The van der Waals surface area contributed by atoms with E-state index in [0.717, 1.165) is 48.1 Å². The van der Waals surface area contributed by atoms with Gasteiger partial charge in [0.15, 0.2) is 0 Å². The van der Waals surface area contributed by atoms with Crippen molar-refractivity contribution in [3.05, 3.63) is 69.5 Å². The predicted octanol–water partition coefficient (Wildman–Crippen LogP) is 9.38. The highest BCUT2D eigenvalue weighted by Crippen LogP contribution is 2.47. The molecule has 226 valence electrons. The van der Waals surface area contributed by atoms with Crippen LogP contribution in [0.4, 0.5) is 30.7 Å². The third kappa shape index (κ3) is 6.74. The number of hydrogen-bond donors (Lipinski definition) is 0. The van der Waals surface area contributed by atoms with Crippen molar-refractivity contribution in [3.8, 4) is 5.75 Å². The summed E-state index contributed by atoms with van der Waals surface area (Å²) in [7, 11) is 1.49. The van der Waals surface area contributed by atoms with Crippen molar-refractivity contribution in [2.24, 2.45) is 5.41 Å². The molecule has 10 heteroatoms. The number of hydrogen-bond acceptors (Lipinski definition) is 3. The summed E-state index contributed by atoms with van der Waals surface area (Å²) in [5.74, 6) is 0.0273. The lowest BCUT2D eigenvalue weighted by molar-refractivity contribution is -0.143. The largest absolute Gasteiger partial charge is 0.496 e. The Morgan fingerprint density at radius 2 is 1.61 bits per heavy atom. The van der Waals surface area contributed by atoms with E-state index in [2.05, 4.69) is 13.8 Å². The van der Waals surface area contributed by atoms with Gasteiger partial charge in [-0.15, -0.1) is 0 Å². The summed E-state index contributed by atoms with van der Waals surface area (Å²) in [6.45, 7) is 10.3. The lowest BCUT2D eigenvalue weighted by Crippen LogP contribution is -2.33. The molecule has 3 nitrogen and oxygen atoms in total. The molecule has 1 heterocycles. The van der Waals surface area contributed by atoms with Gasteiger partial charge >= 0.3 is 12.4 Å². The monoisotopic (exact) mass is 587 g/mol. The van der Waals surface area contributed by atoms with Crippen molar-refractivity contribution in [1.82, 2.24) is 4.90 Å². The third-order valence-electron chi connectivity index (χ3n) is 8.20. The average molecular weight is 588 g/mol. The summed E-state index contributed by atoms with van der Waals surface area (Å²) in [5.41, 5.74) is 0.551. The molecule has 1 fully saturated rings. The first-order valence-electron chi connectivity index (χ1n) is 13.6. The highest BCUT2D eigenvalue weighted by atomic mass is 19.4. The minimum Gasteiger partial charge on any atom is -0.496 e. The van der Waals surface area contributed by atoms with Gasteiger partial charge in [0, 0.05) is 24.2 Å². The van der Waals surface area contributed by atoms with Crippen LogP contribution >= 0.6 is 0 Å². The highest BCUT2D eigenvalue weighted by molar-refractivity contribution is 5.75. The van der Waals surface area contributed by atoms with Crippen molar-refractivity contribution in [2.45, 2.75) is 84.3 Å². The van der Waals surface area contributed by atoms with E-state index in [9.17, 15) is 30.7 Å². The summed E-state index contributed by atoms with van der Waals surface area (Å²) in [4.78, 5) is 1.92. The topological polar surface area (TPSA) is 21.7 Å². The average Bonchev–Trinajstić information content (AvgIpc) is 3.22. The van der Waals surface area contributed by atoms with Crippen molar-refractivity contribution in [3.63, 3.8) is 0 Å². The first-order valence-corrected chi connectivity index (χ1v) is 13.6. The quantitative estimate of drug-likeness (QED) is 0.315. The Morgan fingerprint density at radius 1 is 1.00 bits per heavy atom. The van der Waals surface area contributed by atoms with Gasteiger partial charge in [-0.25, -0.2) is 4.39 Å². The molecule has 0 saturated carbocycles. The lowest BCUT2D eigenvalue weighted by atomic mass is 9.72. The van der Waals surface area contributed by atoms with Gasteiger partial charge < -0.3 is 9.47 Å². The van der Waals surface area contributed by atoms with Gasteiger partial charge in [-0.3, -0.25) is 4.90 Å². The van der Waals surface area contributed by atoms with E-state index in [4.69, 9.17) is 9.47 Å². The first-order chi connectivity index (χ1) is 18.9. The van der Waals surface area contributed by atoms with Gasteiger partial charge in [-0.05, 0) is 78.5 Å². The fraction of sp³-hybridized carbons (Fsp3) is 0.548. The minimum atomic E-state index is -4.94. The predicted molar refractivity (Wildman–Crippen MR) is 143 cm³/mol. The van der Waals surface area contributed by atoms with Gasteiger partial charge in [-0.1, -0.05) is 33.3 Å². The van der Waals surface area contributed by atoms with E-state index in [1.54, 1.807) is 6.92 Å². The Balaban J connectivity index is 1.71. The van der Waals surface area contributed by atoms with E-state index in [1.165, 1.54) is 13.2 Å². The van der Waals surface area contributed by atoms with Crippen LogP contribution in [0.25, 0.3) is 5.57 Å². The van der Waals surface area contributed by atoms with Crippen molar-refractivity contribution in [2.75, 3.05) is 20.4 Å². The van der Waals surface area contributed by atoms with Crippen LogP contribution in [0.3, 0.4) is 0 Å². The normalized spacial score (nSPS) is 22.1. The zero-order chi connectivity index (χ0) is 30.5. The summed E-state index contributed by atoms with van der Waals surface area (Å²) in [5, 5.41) is 0. The van der Waals surface area contributed by atoms with Crippen molar-refractivity contribution >= 4 is 5.57 Å². The van der Waals surface area contributed by atoms with Crippen LogP contribution in [0.15, 0.2) is 35.9 Å². The maximum Gasteiger partial charge on any atom is 0.416 e. The van der Waals surface area contributed by atoms with Crippen LogP contribution in [0, 0.1) is 11.2 Å². The van der Waals surface area contributed by atoms with E-state index in [-0.39, 0.29) is 35.5 Å². The fourth-order valence-corrected chi connectivity index (χ4v) is 5.89. The van der Waals surface area contributed by atoms with Crippen LogP contribution < -0.4 is 4.74 Å². The number of halogens is 7. The number of alkyl halides is 6. The molecule has 4 rings (SSSR count). The second-order valence-electron chi connectivity index (χ2n) is 12.2. The molecule has 1 aliphatic heterocycles. The third-order valence-corrected chi connectivity index (χ3v) is 8.20. The summed E-state index contributed by atoms with van der Waals surface area (Å²) < 4.78 is 107. The number of benzene rings is 2. The SMILES string of the molecule is COc1cc(F)c(C(C)C)cc1C1=C(CN2CO[C@H](c3cc(C(F)(F)F)cc(C(F)(F)F)c3)[C@@H]2C)CC(C)(C)CC1. The number of nitrogens with zero attached hydrogens (tertiary/aromatic N) is 1. The Bertz CT molecular complexity index is 1280. The maximum absolute atomic E-state index is 14.8. The van der Waals surface area contributed by atoms with Gasteiger partial charge in [0.2, 0.25) is 0 Å². The fourth-order valence-electron chi connectivity index (χ4n) is 5.89. The van der Waals surface area contributed by atoms with E-state index in [1.807, 2.05) is 24.8 Å². The molecule has 41 heavy (non-hydrogen) atoms. The molecule has 2 aliphatic rings. The van der Waals surface area contributed by atoms with Crippen molar-refractivity contribution < 1.29 is 40.2 Å². The van der Waals surface area contributed by atoms with Crippen molar-refractivity contribution in [1.29, 1.82) is 0 Å². The Hall–Kier alpha value is -2.59. The summed E-state index contributed by atoms with van der Waals surface area (Å²) >= 11 is 0. The molecule has 1 aliphatic carbocycles. The first kappa shape index (κ1) is 31.3. The molecule has 0 radical (unpaired) electrons.